The largest absolute Gasteiger partial charge is 0.493 e. The maximum atomic E-state index is 5.62. The van der Waals surface area contributed by atoms with Gasteiger partial charge in [0.25, 0.3) is 0 Å². The molecule has 0 radical (unpaired) electrons. The highest BCUT2D eigenvalue weighted by molar-refractivity contribution is 5.54. The lowest BCUT2D eigenvalue weighted by Gasteiger charge is -2.47. The zero-order valence-electron chi connectivity index (χ0n) is 17.7. The van der Waals surface area contributed by atoms with E-state index in [9.17, 15) is 0 Å². The summed E-state index contributed by atoms with van der Waals surface area (Å²) in [5, 5.41) is 0. The monoisotopic (exact) mass is 395 g/mol. The summed E-state index contributed by atoms with van der Waals surface area (Å²) >= 11 is 0. The van der Waals surface area contributed by atoms with Gasteiger partial charge < -0.3 is 18.9 Å². The van der Waals surface area contributed by atoms with Crippen molar-refractivity contribution < 1.29 is 18.9 Å². The van der Waals surface area contributed by atoms with E-state index in [4.69, 9.17) is 18.9 Å². The minimum absolute atomic E-state index is 0.356. The van der Waals surface area contributed by atoms with E-state index < -0.39 is 0 Å². The van der Waals surface area contributed by atoms with Gasteiger partial charge in [-0.05, 0) is 78.1 Å². The van der Waals surface area contributed by atoms with Gasteiger partial charge in [-0.15, -0.1) is 0 Å². The Labute approximate surface area is 172 Å². The Kier molecular flexibility index (Phi) is 4.58. The Balaban J connectivity index is 1.63. The van der Waals surface area contributed by atoms with Gasteiger partial charge in [0, 0.05) is 18.6 Å². The number of fused-ring (bicyclic) bond motifs is 4. The van der Waals surface area contributed by atoms with Gasteiger partial charge in [-0.3, -0.25) is 4.90 Å². The molecule has 5 heteroatoms. The summed E-state index contributed by atoms with van der Waals surface area (Å²) in [4.78, 5) is 2.72. The van der Waals surface area contributed by atoms with Gasteiger partial charge in [-0.25, -0.2) is 0 Å². The number of benzene rings is 2. The summed E-state index contributed by atoms with van der Waals surface area (Å²) in [5.74, 6) is 4.02. The SMILES string of the molecule is COc1cc2c(cc1OC)[C@H](C1CC1)N1CCc3cc(OC)c(OC)cc3[C@@H]1C2. The topological polar surface area (TPSA) is 40.2 Å². The van der Waals surface area contributed by atoms with Crippen molar-refractivity contribution in [3.63, 3.8) is 0 Å². The molecule has 1 fully saturated rings. The third-order valence-electron chi connectivity index (χ3n) is 6.85. The van der Waals surface area contributed by atoms with Crippen LogP contribution in [0.15, 0.2) is 24.3 Å². The first-order valence-corrected chi connectivity index (χ1v) is 10.4. The highest BCUT2D eigenvalue weighted by Crippen LogP contribution is 2.55. The summed E-state index contributed by atoms with van der Waals surface area (Å²) < 4.78 is 22.4. The summed E-state index contributed by atoms with van der Waals surface area (Å²) in [5.41, 5.74) is 5.55. The van der Waals surface area contributed by atoms with Crippen LogP contribution in [0.3, 0.4) is 0 Å². The zero-order chi connectivity index (χ0) is 20.1. The average molecular weight is 395 g/mol. The predicted octanol–water partition coefficient (Wildman–Crippen LogP) is 4.33. The number of ether oxygens (including phenoxy) is 4. The summed E-state index contributed by atoms with van der Waals surface area (Å²) in [7, 11) is 6.85. The van der Waals surface area contributed by atoms with Crippen LogP contribution >= 0.6 is 0 Å². The fraction of sp³-hybridized carbons (Fsp3) is 0.500. The summed E-state index contributed by atoms with van der Waals surface area (Å²) in [6.07, 6.45) is 4.63. The first-order valence-electron chi connectivity index (χ1n) is 10.4. The van der Waals surface area contributed by atoms with Crippen molar-refractivity contribution >= 4 is 0 Å². The van der Waals surface area contributed by atoms with Crippen LogP contribution in [0.25, 0.3) is 0 Å². The van der Waals surface area contributed by atoms with E-state index in [1.54, 1.807) is 28.4 Å². The standard InChI is InChI=1S/C24H29NO4/c1-26-20-10-15-7-8-25-19(17(15)12-22(20)28-3)9-16-11-21(27-2)23(29-4)13-18(16)24(25)14-5-6-14/h10-14,19,24H,5-9H2,1-4H3/t19-,24-/m0/s1. The second-order valence-corrected chi connectivity index (χ2v) is 8.30. The van der Waals surface area contributed by atoms with Crippen LogP contribution in [0.2, 0.25) is 0 Å². The van der Waals surface area contributed by atoms with Crippen molar-refractivity contribution in [3.8, 4) is 23.0 Å². The molecule has 0 N–H and O–H groups in total. The molecule has 154 valence electrons. The fourth-order valence-electron chi connectivity index (χ4n) is 5.32. The van der Waals surface area contributed by atoms with Crippen molar-refractivity contribution in [3.05, 3.63) is 46.5 Å². The van der Waals surface area contributed by atoms with Gasteiger partial charge in [-0.2, -0.15) is 0 Å². The quantitative estimate of drug-likeness (QED) is 0.754. The van der Waals surface area contributed by atoms with E-state index in [1.165, 1.54) is 35.1 Å². The van der Waals surface area contributed by atoms with Crippen LogP contribution in [0.1, 0.15) is 47.2 Å². The number of hydrogen-bond acceptors (Lipinski definition) is 5. The van der Waals surface area contributed by atoms with Crippen molar-refractivity contribution in [1.82, 2.24) is 4.90 Å². The van der Waals surface area contributed by atoms with Crippen LogP contribution in [0.4, 0.5) is 0 Å². The van der Waals surface area contributed by atoms with Crippen molar-refractivity contribution in [2.24, 2.45) is 5.92 Å². The molecule has 0 spiro atoms. The lowest BCUT2D eigenvalue weighted by molar-refractivity contribution is 0.0919. The molecule has 2 heterocycles. The minimum atomic E-state index is 0.356. The van der Waals surface area contributed by atoms with Gasteiger partial charge in [-0.1, -0.05) is 0 Å². The third kappa shape index (κ3) is 2.94. The first kappa shape index (κ1) is 18.6. The minimum Gasteiger partial charge on any atom is -0.493 e. The van der Waals surface area contributed by atoms with Gasteiger partial charge in [0.2, 0.25) is 0 Å². The highest BCUT2D eigenvalue weighted by Gasteiger charge is 2.45. The van der Waals surface area contributed by atoms with Crippen LogP contribution < -0.4 is 18.9 Å². The average Bonchev–Trinajstić information content (AvgIpc) is 3.60. The molecule has 5 nitrogen and oxygen atoms in total. The van der Waals surface area contributed by atoms with E-state index in [-0.39, 0.29) is 0 Å². The van der Waals surface area contributed by atoms with E-state index >= 15 is 0 Å². The summed E-state index contributed by atoms with van der Waals surface area (Å²) in [6, 6.07) is 9.58. The Hall–Kier alpha value is -2.40. The van der Waals surface area contributed by atoms with Gasteiger partial charge in [0.1, 0.15) is 0 Å². The van der Waals surface area contributed by atoms with Crippen LogP contribution in [0, 0.1) is 5.92 Å². The van der Waals surface area contributed by atoms with E-state index in [1.807, 2.05) is 0 Å². The smallest absolute Gasteiger partial charge is 0.161 e. The zero-order valence-corrected chi connectivity index (χ0v) is 17.7. The molecular weight excluding hydrogens is 366 g/mol. The molecule has 1 saturated carbocycles. The molecule has 1 aliphatic carbocycles. The predicted molar refractivity (Wildman–Crippen MR) is 111 cm³/mol. The number of methoxy groups -OCH3 is 4. The van der Waals surface area contributed by atoms with Crippen molar-refractivity contribution in [1.29, 1.82) is 0 Å². The number of nitrogens with zero attached hydrogens (tertiary/aromatic N) is 1. The Bertz CT molecular complexity index is 937. The van der Waals surface area contributed by atoms with Crippen LogP contribution in [-0.2, 0) is 12.8 Å². The van der Waals surface area contributed by atoms with Gasteiger partial charge in [0.05, 0.1) is 28.4 Å². The molecule has 0 saturated heterocycles. The molecule has 2 atom stereocenters. The number of rotatable bonds is 5. The van der Waals surface area contributed by atoms with Gasteiger partial charge in [0.15, 0.2) is 23.0 Å². The molecule has 0 amide bonds. The van der Waals surface area contributed by atoms with E-state index in [0.29, 0.717) is 12.1 Å². The molecular formula is C24H29NO4. The van der Waals surface area contributed by atoms with Crippen molar-refractivity contribution in [2.75, 3.05) is 35.0 Å². The van der Waals surface area contributed by atoms with Gasteiger partial charge >= 0.3 is 0 Å². The molecule has 3 aliphatic rings. The highest BCUT2D eigenvalue weighted by atomic mass is 16.5. The molecule has 29 heavy (non-hydrogen) atoms. The van der Waals surface area contributed by atoms with E-state index in [0.717, 1.165) is 48.3 Å². The first-order chi connectivity index (χ1) is 14.2. The second-order valence-electron chi connectivity index (χ2n) is 8.30. The molecule has 0 aromatic heterocycles. The Morgan fingerprint density at radius 2 is 1.28 bits per heavy atom. The second kappa shape index (κ2) is 7.13. The molecule has 0 bridgehead atoms. The Morgan fingerprint density at radius 1 is 0.724 bits per heavy atom. The van der Waals surface area contributed by atoms with Crippen LogP contribution in [0.5, 0.6) is 23.0 Å². The van der Waals surface area contributed by atoms with E-state index in [2.05, 4.69) is 29.2 Å². The van der Waals surface area contributed by atoms with Crippen molar-refractivity contribution in [2.45, 2.75) is 37.8 Å². The fourth-order valence-corrected chi connectivity index (χ4v) is 5.32. The van der Waals surface area contributed by atoms with Crippen LogP contribution in [-0.4, -0.2) is 39.9 Å². The molecule has 0 unspecified atom stereocenters. The lowest BCUT2D eigenvalue weighted by atomic mass is 9.79. The maximum absolute atomic E-state index is 5.62. The molecule has 2 aliphatic heterocycles. The molecule has 2 aromatic carbocycles. The summed E-state index contributed by atoms with van der Waals surface area (Å²) in [6.45, 7) is 1.07. The third-order valence-corrected chi connectivity index (χ3v) is 6.85. The molecule has 2 aromatic rings. The normalized spacial score (nSPS) is 22.9. The lowest BCUT2D eigenvalue weighted by Crippen LogP contribution is -2.43. The number of hydrogen-bond donors (Lipinski definition) is 0. The molecule has 5 rings (SSSR count). The Morgan fingerprint density at radius 3 is 1.86 bits per heavy atom. The maximum Gasteiger partial charge on any atom is 0.161 e.